The third kappa shape index (κ3) is 3.05. The summed E-state index contributed by atoms with van der Waals surface area (Å²) >= 11 is 0. The van der Waals surface area contributed by atoms with Crippen molar-refractivity contribution in [3.05, 3.63) is 106 Å². The van der Waals surface area contributed by atoms with Crippen molar-refractivity contribution in [2.24, 2.45) is 17.8 Å². The van der Waals surface area contributed by atoms with Crippen molar-refractivity contribution < 1.29 is 9.13 Å². The molecule has 0 saturated carbocycles. The van der Waals surface area contributed by atoms with Crippen LogP contribution >= 0.6 is 0 Å². The van der Waals surface area contributed by atoms with Crippen molar-refractivity contribution >= 4 is 0 Å². The van der Waals surface area contributed by atoms with Gasteiger partial charge in [0.05, 0.1) is 6.04 Å². The molecule has 1 fully saturated rings. The zero-order valence-corrected chi connectivity index (χ0v) is 19.0. The van der Waals surface area contributed by atoms with E-state index in [1.165, 1.54) is 34.1 Å². The molecule has 0 amide bonds. The van der Waals surface area contributed by atoms with Gasteiger partial charge in [0.1, 0.15) is 17.7 Å². The van der Waals surface area contributed by atoms with Crippen molar-refractivity contribution in [3.8, 4) is 0 Å². The second kappa shape index (κ2) is 7.37. The van der Waals surface area contributed by atoms with Crippen LogP contribution < -0.4 is 0 Å². The van der Waals surface area contributed by atoms with E-state index in [1.807, 2.05) is 6.07 Å². The molecule has 0 aromatic heterocycles. The molecular formula is C29H30FNO. The van der Waals surface area contributed by atoms with E-state index >= 15 is 0 Å². The van der Waals surface area contributed by atoms with Gasteiger partial charge in [0.25, 0.3) is 0 Å². The highest BCUT2D eigenvalue weighted by atomic mass is 19.1. The quantitative estimate of drug-likeness (QED) is 0.504. The maximum absolute atomic E-state index is 13.8. The van der Waals surface area contributed by atoms with E-state index in [4.69, 9.17) is 4.74 Å². The Labute approximate surface area is 190 Å². The number of hydrogen-bond acceptors (Lipinski definition) is 2. The maximum atomic E-state index is 13.8. The number of nitrogens with zero attached hydrogens (tertiary/aromatic N) is 1. The summed E-state index contributed by atoms with van der Waals surface area (Å²) in [6, 6.07) is 7.34. The Morgan fingerprint density at radius 2 is 1.97 bits per heavy atom. The summed E-state index contributed by atoms with van der Waals surface area (Å²) < 4.78 is 20.5. The molecule has 5 aliphatic rings. The molecule has 0 N–H and O–H groups in total. The van der Waals surface area contributed by atoms with Gasteiger partial charge in [-0.25, -0.2) is 4.39 Å². The monoisotopic (exact) mass is 427 g/mol. The second-order valence-electron chi connectivity index (χ2n) is 10.1. The molecule has 2 aliphatic carbocycles. The van der Waals surface area contributed by atoms with Gasteiger partial charge in [0.2, 0.25) is 0 Å². The number of fused-ring (bicyclic) bond motifs is 6. The van der Waals surface area contributed by atoms with Gasteiger partial charge in [-0.1, -0.05) is 48.1 Å². The van der Waals surface area contributed by atoms with Gasteiger partial charge in [-0.05, 0) is 62.1 Å². The summed E-state index contributed by atoms with van der Waals surface area (Å²) in [4.78, 5) is 2.48. The van der Waals surface area contributed by atoms with Gasteiger partial charge < -0.3 is 9.64 Å². The number of allylic oxidation sites excluding steroid dienone is 6. The first-order chi connectivity index (χ1) is 15.5. The van der Waals surface area contributed by atoms with Crippen LogP contribution in [0.15, 0.2) is 95.0 Å². The van der Waals surface area contributed by atoms with Gasteiger partial charge >= 0.3 is 0 Å². The predicted octanol–water partition coefficient (Wildman–Crippen LogP) is 6.43. The second-order valence-corrected chi connectivity index (χ2v) is 10.1. The Kier molecular flexibility index (Phi) is 4.57. The highest BCUT2D eigenvalue weighted by Gasteiger charge is 2.50. The molecule has 6 atom stereocenters. The highest BCUT2D eigenvalue weighted by molar-refractivity contribution is 5.48. The van der Waals surface area contributed by atoms with E-state index in [2.05, 4.69) is 68.3 Å². The fraction of sp³-hybridized carbons (Fsp3) is 0.379. The zero-order valence-electron chi connectivity index (χ0n) is 19.0. The lowest BCUT2D eigenvalue weighted by atomic mass is 9.76. The molecule has 3 aliphatic heterocycles. The first-order valence-electron chi connectivity index (χ1n) is 11.8. The Hall–Kier alpha value is -2.81. The Morgan fingerprint density at radius 1 is 1.09 bits per heavy atom. The lowest BCUT2D eigenvalue weighted by Crippen LogP contribution is -2.31. The molecule has 32 heavy (non-hydrogen) atoms. The van der Waals surface area contributed by atoms with E-state index in [1.54, 1.807) is 12.1 Å². The summed E-state index contributed by atoms with van der Waals surface area (Å²) in [5, 5.41) is 0. The molecule has 1 aromatic carbocycles. The molecule has 0 spiro atoms. The first-order valence-corrected chi connectivity index (χ1v) is 11.8. The molecule has 164 valence electrons. The normalized spacial score (nSPS) is 33.9. The first kappa shape index (κ1) is 19.8. The van der Waals surface area contributed by atoms with Gasteiger partial charge in [-0.3, -0.25) is 0 Å². The minimum absolute atomic E-state index is 0.137. The van der Waals surface area contributed by atoms with Crippen molar-refractivity contribution in [1.82, 2.24) is 4.90 Å². The van der Waals surface area contributed by atoms with Crippen molar-refractivity contribution in [3.63, 3.8) is 0 Å². The fourth-order valence-electron chi connectivity index (χ4n) is 6.13. The third-order valence-corrected chi connectivity index (χ3v) is 8.07. The van der Waals surface area contributed by atoms with Crippen molar-refractivity contribution in [1.29, 1.82) is 0 Å². The van der Waals surface area contributed by atoms with Crippen LogP contribution in [-0.4, -0.2) is 23.6 Å². The van der Waals surface area contributed by atoms with E-state index in [9.17, 15) is 4.39 Å². The molecule has 3 heteroatoms. The lowest BCUT2D eigenvalue weighted by molar-refractivity contribution is 0.0840. The number of halogens is 1. The number of benzene rings is 1. The summed E-state index contributed by atoms with van der Waals surface area (Å²) in [7, 11) is 0. The number of rotatable bonds is 2. The molecular weight excluding hydrogens is 397 g/mol. The fourth-order valence-corrected chi connectivity index (χ4v) is 6.13. The summed E-state index contributed by atoms with van der Waals surface area (Å²) in [6.45, 7) is 7.63. The van der Waals surface area contributed by atoms with E-state index < -0.39 is 0 Å². The summed E-state index contributed by atoms with van der Waals surface area (Å²) in [5.74, 6) is 2.39. The molecule has 2 nitrogen and oxygen atoms in total. The SMILES string of the molecule is CC(C)=C(C)C1=CC2C3C4=C(C=CC3CN2C=C1)C1C=CC(c2cccc(F)c2)CC1O4. The van der Waals surface area contributed by atoms with Crippen LogP contribution in [0.1, 0.15) is 38.7 Å². The van der Waals surface area contributed by atoms with E-state index in [-0.39, 0.29) is 17.8 Å². The minimum Gasteiger partial charge on any atom is -0.493 e. The van der Waals surface area contributed by atoms with E-state index in [0.29, 0.717) is 23.8 Å². The topological polar surface area (TPSA) is 12.5 Å². The van der Waals surface area contributed by atoms with Gasteiger partial charge in [0.15, 0.2) is 0 Å². The minimum atomic E-state index is -0.167. The molecule has 1 aromatic rings. The van der Waals surface area contributed by atoms with Gasteiger partial charge in [0, 0.05) is 42.0 Å². The molecule has 1 saturated heterocycles. The van der Waals surface area contributed by atoms with Crippen LogP contribution in [0.5, 0.6) is 0 Å². The Balaban J connectivity index is 1.29. The van der Waals surface area contributed by atoms with E-state index in [0.717, 1.165) is 18.5 Å². The van der Waals surface area contributed by atoms with Gasteiger partial charge in [-0.15, -0.1) is 0 Å². The molecule has 6 unspecified atom stereocenters. The summed E-state index contributed by atoms with van der Waals surface area (Å²) in [5.41, 5.74) is 6.46. The standard InChI is InChI=1S/C29H30FNO/c1-17(2)18(3)19-11-12-31-16-22-8-10-25-24-9-7-21(20-5-4-6-23(30)13-20)15-27(24)32-29(25)28(22)26(31)14-19/h4-14,21-22,24,26-28H,15-16H2,1-3H3. The van der Waals surface area contributed by atoms with Crippen molar-refractivity contribution in [2.45, 2.75) is 45.3 Å². The third-order valence-electron chi connectivity index (χ3n) is 8.07. The van der Waals surface area contributed by atoms with Crippen LogP contribution in [0, 0.1) is 23.6 Å². The van der Waals surface area contributed by atoms with Crippen LogP contribution in [0.2, 0.25) is 0 Å². The van der Waals surface area contributed by atoms with Gasteiger partial charge in [-0.2, -0.15) is 0 Å². The van der Waals surface area contributed by atoms with Crippen molar-refractivity contribution in [2.75, 3.05) is 6.54 Å². The summed E-state index contributed by atoms with van der Waals surface area (Å²) in [6.07, 6.45) is 17.3. The van der Waals surface area contributed by atoms with Crippen LogP contribution in [0.25, 0.3) is 0 Å². The molecule has 0 radical (unpaired) electrons. The average molecular weight is 428 g/mol. The Morgan fingerprint density at radius 3 is 2.78 bits per heavy atom. The average Bonchev–Trinajstić information content (AvgIpc) is 3.35. The molecule has 3 heterocycles. The number of ether oxygens (including phenoxy) is 1. The lowest BCUT2D eigenvalue weighted by Gasteiger charge is -2.31. The Bertz CT molecular complexity index is 1150. The highest BCUT2D eigenvalue weighted by Crippen LogP contribution is 2.51. The number of hydrogen-bond donors (Lipinski definition) is 0. The van der Waals surface area contributed by atoms with Crippen LogP contribution in [0.3, 0.4) is 0 Å². The van der Waals surface area contributed by atoms with Crippen LogP contribution in [0.4, 0.5) is 4.39 Å². The zero-order chi connectivity index (χ0) is 22.0. The largest absolute Gasteiger partial charge is 0.493 e. The maximum Gasteiger partial charge on any atom is 0.123 e. The molecule has 6 rings (SSSR count). The molecule has 0 bridgehead atoms. The smallest absolute Gasteiger partial charge is 0.123 e. The van der Waals surface area contributed by atoms with Crippen LogP contribution in [-0.2, 0) is 4.74 Å². The predicted molar refractivity (Wildman–Crippen MR) is 126 cm³/mol.